The summed E-state index contributed by atoms with van der Waals surface area (Å²) < 4.78 is 4.97. The van der Waals surface area contributed by atoms with Crippen LogP contribution in [0.15, 0.2) is 5.38 Å². The second kappa shape index (κ2) is 5.58. The van der Waals surface area contributed by atoms with Crippen LogP contribution in [-0.2, 0) is 11.3 Å². The molecule has 1 saturated carbocycles. The van der Waals surface area contributed by atoms with Crippen LogP contribution in [0.3, 0.4) is 0 Å². The van der Waals surface area contributed by atoms with Crippen molar-refractivity contribution in [3.8, 4) is 0 Å². The maximum Gasteiger partial charge on any atom is 0.0959 e. The quantitative estimate of drug-likeness (QED) is 0.755. The van der Waals surface area contributed by atoms with Crippen molar-refractivity contribution in [3.63, 3.8) is 0 Å². The van der Waals surface area contributed by atoms with E-state index in [2.05, 4.69) is 15.7 Å². The van der Waals surface area contributed by atoms with Crippen LogP contribution >= 0.6 is 11.3 Å². The van der Waals surface area contributed by atoms with Gasteiger partial charge in [0.15, 0.2) is 0 Å². The highest BCUT2D eigenvalue weighted by molar-refractivity contribution is 7.09. The molecule has 1 aromatic rings. The molecule has 1 fully saturated rings. The summed E-state index contributed by atoms with van der Waals surface area (Å²) >= 11 is 1.81. The first kappa shape index (κ1) is 11.0. The van der Waals surface area contributed by atoms with Crippen LogP contribution in [0, 0.1) is 0 Å². The summed E-state index contributed by atoms with van der Waals surface area (Å²) in [4.78, 5) is 4.65. The maximum absolute atomic E-state index is 4.97. The van der Waals surface area contributed by atoms with Crippen LogP contribution in [-0.4, -0.2) is 25.2 Å². The Kier molecular flexibility index (Phi) is 4.11. The van der Waals surface area contributed by atoms with Crippen molar-refractivity contribution in [1.29, 1.82) is 0 Å². The molecule has 0 atom stereocenters. The summed E-state index contributed by atoms with van der Waals surface area (Å²) in [6, 6.07) is 0. The predicted octanol–water partition coefficient (Wildman–Crippen LogP) is 2.15. The van der Waals surface area contributed by atoms with Gasteiger partial charge in [0.1, 0.15) is 0 Å². The van der Waals surface area contributed by atoms with E-state index in [1.54, 1.807) is 7.11 Å². The molecule has 1 aliphatic carbocycles. The zero-order chi connectivity index (χ0) is 10.5. The molecule has 0 aliphatic heterocycles. The number of aromatic nitrogens is 1. The Bertz CT molecular complexity index is 297. The zero-order valence-electron chi connectivity index (χ0n) is 9.16. The van der Waals surface area contributed by atoms with E-state index < -0.39 is 0 Å². The summed E-state index contributed by atoms with van der Waals surface area (Å²) in [6.45, 7) is 2.53. The lowest BCUT2D eigenvalue weighted by Gasteiger charge is -2.22. The molecule has 3 nitrogen and oxygen atoms in total. The fourth-order valence-electron chi connectivity index (χ4n) is 1.64. The number of rotatable bonds is 6. The van der Waals surface area contributed by atoms with Crippen molar-refractivity contribution in [3.05, 3.63) is 16.1 Å². The number of hydrogen-bond donors (Lipinski definition) is 1. The Balaban J connectivity index is 1.74. The van der Waals surface area contributed by atoms with Crippen LogP contribution in [0.25, 0.3) is 0 Å². The first-order valence-electron chi connectivity index (χ1n) is 5.54. The van der Waals surface area contributed by atoms with E-state index in [0.717, 1.165) is 25.6 Å². The van der Waals surface area contributed by atoms with Crippen LogP contribution in [0.4, 0.5) is 0 Å². The van der Waals surface area contributed by atoms with Crippen molar-refractivity contribution in [2.24, 2.45) is 0 Å². The molecule has 0 saturated heterocycles. The Hall–Kier alpha value is -0.450. The summed E-state index contributed by atoms with van der Waals surface area (Å²) in [5, 5.41) is 6.82. The number of thiazole rings is 1. The fourth-order valence-corrected chi connectivity index (χ4v) is 2.63. The zero-order valence-corrected chi connectivity index (χ0v) is 9.98. The number of methoxy groups -OCH3 is 1. The highest BCUT2D eigenvalue weighted by Crippen LogP contribution is 2.37. The molecule has 1 aromatic heterocycles. The van der Waals surface area contributed by atoms with Crippen LogP contribution < -0.4 is 5.32 Å². The van der Waals surface area contributed by atoms with Crippen LogP contribution in [0.1, 0.15) is 35.9 Å². The van der Waals surface area contributed by atoms with Crippen molar-refractivity contribution >= 4 is 11.3 Å². The Morgan fingerprint density at radius 3 is 3.13 bits per heavy atom. The minimum absolute atomic E-state index is 0.764. The highest BCUT2D eigenvalue weighted by atomic mass is 32.1. The second-order valence-electron chi connectivity index (χ2n) is 3.97. The Labute approximate surface area is 94.9 Å². The molecule has 0 bridgehead atoms. The van der Waals surface area contributed by atoms with E-state index in [-0.39, 0.29) is 0 Å². The van der Waals surface area contributed by atoms with Gasteiger partial charge in [-0.25, -0.2) is 4.98 Å². The van der Waals surface area contributed by atoms with Gasteiger partial charge in [-0.3, -0.25) is 0 Å². The topological polar surface area (TPSA) is 34.1 Å². The molecule has 1 heterocycles. The van der Waals surface area contributed by atoms with Gasteiger partial charge in [0.05, 0.1) is 17.3 Å². The summed E-state index contributed by atoms with van der Waals surface area (Å²) in [7, 11) is 1.72. The first-order chi connectivity index (χ1) is 7.40. The minimum Gasteiger partial charge on any atom is -0.383 e. The summed E-state index contributed by atoms with van der Waals surface area (Å²) in [5.74, 6) is 0.766. The molecule has 4 heteroatoms. The van der Waals surface area contributed by atoms with Crippen LogP contribution in [0.2, 0.25) is 0 Å². The lowest BCUT2D eigenvalue weighted by atomic mass is 9.86. The maximum atomic E-state index is 4.97. The summed E-state index contributed by atoms with van der Waals surface area (Å²) in [5.41, 5.74) is 1.18. The van der Waals surface area contributed by atoms with Gasteiger partial charge in [-0.2, -0.15) is 0 Å². The van der Waals surface area contributed by atoms with Crippen LogP contribution in [0.5, 0.6) is 0 Å². The molecule has 0 unspecified atom stereocenters. The van der Waals surface area contributed by atoms with Crippen molar-refractivity contribution in [1.82, 2.24) is 10.3 Å². The molecule has 2 rings (SSSR count). The minimum atomic E-state index is 0.764. The van der Waals surface area contributed by atoms with Gasteiger partial charge in [-0.05, 0) is 12.8 Å². The van der Waals surface area contributed by atoms with Gasteiger partial charge in [0.2, 0.25) is 0 Å². The van der Waals surface area contributed by atoms with E-state index >= 15 is 0 Å². The lowest BCUT2D eigenvalue weighted by molar-refractivity contribution is 0.199. The molecule has 1 aliphatic rings. The SMILES string of the molecule is COCCNCc1csc(C2CCC2)n1. The van der Waals surface area contributed by atoms with E-state index in [4.69, 9.17) is 4.74 Å². The van der Waals surface area contributed by atoms with Gasteiger partial charge in [-0.1, -0.05) is 6.42 Å². The number of ether oxygens (including phenoxy) is 1. The first-order valence-corrected chi connectivity index (χ1v) is 6.42. The number of nitrogens with zero attached hydrogens (tertiary/aromatic N) is 1. The lowest BCUT2D eigenvalue weighted by Crippen LogP contribution is -2.18. The third-order valence-electron chi connectivity index (χ3n) is 2.81. The normalized spacial score (nSPS) is 16.6. The molecular formula is C11H18N2OS. The van der Waals surface area contributed by atoms with E-state index in [0.29, 0.717) is 0 Å². The van der Waals surface area contributed by atoms with E-state index in [9.17, 15) is 0 Å². The van der Waals surface area contributed by atoms with Gasteiger partial charge in [-0.15, -0.1) is 11.3 Å². The summed E-state index contributed by atoms with van der Waals surface area (Å²) in [6.07, 6.45) is 4.06. The Morgan fingerprint density at radius 2 is 2.47 bits per heavy atom. The number of hydrogen-bond acceptors (Lipinski definition) is 4. The largest absolute Gasteiger partial charge is 0.383 e. The smallest absolute Gasteiger partial charge is 0.0959 e. The molecule has 0 amide bonds. The number of nitrogens with one attached hydrogen (secondary N) is 1. The standard InChI is InChI=1S/C11H18N2OS/c1-14-6-5-12-7-10-8-15-11(13-10)9-3-2-4-9/h8-9,12H,2-7H2,1H3. The highest BCUT2D eigenvalue weighted by Gasteiger charge is 2.22. The molecule has 0 radical (unpaired) electrons. The van der Waals surface area contributed by atoms with Gasteiger partial charge < -0.3 is 10.1 Å². The molecule has 15 heavy (non-hydrogen) atoms. The van der Waals surface area contributed by atoms with Gasteiger partial charge in [0, 0.05) is 31.5 Å². The monoisotopic (exact) mass is 226 g/mol. The average molecular weight is 226 g/mol. The van der Waals surface area contributed by atoms with E-state index in [1.165, 1.54) is 30.0 Å². The van der Waals surface area contributed by atoms with Gasteiger partial charge in [0.25, 0.3) is 0 Å². The van der Waals surface area contributed by atoms with Crippen molar-refractivity contribution in [2.75, 3.05) is 20.3 Å². The second-order valence-corrected chi connectivity index (χ2v) is 4.86. The van der Waals surface area contributed by atoms with Gasteiger partial charge >= 0.3 is 0 Å². The molecule has 0 aromatic carbocycles. The van der Waals surface area contributed by atoms with Crippen molar-refractivity contribution < 1.29 is 4.74 Å². The predicted molar refractivity (Wildman–Crippen MR) is 62.3 cm³/mol. The van der Waals surface area contributed by atoms with E-state index in [1.807, 2.05) is 11.3 Å². The fraction of sp³-hybridized carbons (Fsp3) is 0.727. The van der Waals surface area contributed by atoms with Crippen molar-refractivity contribution in [2.45, 2.75) is 31.7 Å². The molecule has 0 spiro atoms. The Morgan fingerprint density at radius 1 is 1.60 bits per heavy atom. The molecule has 84 valence electrons. The molecular weight excluding hydrogens is 208 g/mol. The third kappa shape index (κ3) is 3.00. The average Bonchev–Trinajstić information content (AvgIpc) is 2.58. The third-order valence-corrected chi connectivity index (χ3v) is 3.87. The molecule has 1 N–H and O–H groups in total.